The first-order valence-corrected chi connectivity index (χ1v) is 9.02. The zero-order chi connectivity index (χ0) is 19.2. The summed E-state index contributed by atoms with van der Waals surface area (Å²) in [6.45, 7) is 8.10. The van der Waals surface area contributed by atoms with Gasteiger partial charge in [-0.25, -0.2) is 8.42 Å². The molecule has 0 spiro atoms. The first kappa shape index (κ1) is 19.5. The van der Waals surface area contributed by atoms with Crippen LogP contribution in [0.4, 0.5) is 13.2 Å². The minimum Gasteiger partial charge on any atom is -0.455 e. The second-order valence-electron chi connectivity index (χ2n) is 6.62. The van der Waals surface area contributed by atoms with Crippen LogP contribution in [-0.2, 0) is 21.7 Å². The molecule has 8 heteroatoms. The van der Waals surface area contributed by atoms with E-state index in [0.717, 1.165) is 17.7 Å². The summed E-state index contributed by atoms with van der Waals surface area (Å²) >= 11 is 0. The van der Waals surface area contributed by atoms with E-state index in [2.05, 4.69) is 4.72 Å². The molecule has 0 aliphatic rings. The fraction of sp³-hybridized carbons (Fsp3) is 0.412. The van der Waals surface area contributed by atoms with Gasteiger partial charge < -0.3 is 4.42 Å². The van der Waals surface area contributed by atoms with E-state index in [1.54, 1.807) is 26.0 Å². The van der Waals surface area contributed by atoms with Crippen molar-refractivity contribution in [2.45, 2.75) is 51.2 Å². The number of rotatable bonds is 4. The zero-order valence-electron chi connectivity index (χ0n) is 14.6. The van der Waals surface area contributed by atoms with Crippen molar-refractivity contribution in [3.63, 3.8) is 0 Å². The Kier molecular flexibility index (Phi) is 4.82. The molecule has 0 aliphatic heterocycles. The van der Waals surface area contributed by atoms with Gasteiger partial charge in [-0.05, 0) is 57.9 Å². The van der Waals surface area contributed by atoms with E-state index in [0.29, 0.717) is 11.1 Å². The average molecular weight is 375 g/mol. The lowest BCUT2D eigenvalue weighted by Crippen LogP contribution is -2.41. The van der Waals surface area contributed by atoms with Crippen LogP contribution in [0.5, 0.6) is 0 Å². The van der Waals surface area contributed by atoms with Crippen LogP contribution in [0.25, 0.3) is 0 Å². The van der Waals surface area contributed by atoms with Crippen LogP contribution in [-0.4, -0.2) is 8.42 Å². The highest BCUT2D eigenvalue weighted by Gasteiger charge is 2.38. The van der Waals surface area contributed by atoms with Crippen molar-refractivity contribution < 1.29 is 26.0 Å². The number of alkyl halides is 3. The van der Waals surface area contributed by atoms with Crippen LogP contribution < -0.4 is 4.72 Å². The van der Waals surface area contributed by atoms with Crippen molar-refractivity contribution in [2.75, 3.05) is 0 Å². The Hall–Kier alpha value is -1.80. The van der Waals surface area contributed by atoms with Crippen molar-refractivity contribution in [2.24, 2.45) is 0 Å². The molecular weight excluding hydrogens is 355 g/mol. The number of halogens is 3. The minimum atomic E-state index is -4.63. The quantitative estimate of drug-likeness (QED) is 0.860. The maximum atomic E-state index is 12.8. The smallest absolute Gasteiger partial charge is 0.449 e. The summed E-state index contributed by atoms with van der Waals surface area (Å²) in [5.74, 6) is -1.29. The van der Waals surface area contributed by atoms with Crippen LogP contribution >= 0.6 is 0 Å². The zero-order valence-corrected chi connectivity index (χ0v) is 15.4. The van der Waals surface area contributed by atoms with Gasteiger partial charge in [-0.2, -0.15) is 17.9 Å². The molecule has 0 radical (unpaired) electrons. The highest BCUT2D eigenvalue weighted by atomic mass is 32.2. The number of benzene rings is 1. The van der Waals surface area contributed by atoms with Crippen LogP contribution in [0.2, 0.25) is 0 Å². The number of furan rings is 1. The molecule has 0 saturated carbocycles. The number of nitrogens with one attached hydrogen (secondary N) is 1. The fourth-order valence-electron chi connectivity index (χ4n) is 2.85. The highest BCUT2D eigenvalue weighted by molar-refractivity contribution is 7.89. The molecule has 1 aromatic carbocycles. The Balaban J connectivity index is 2.41. The Labute approximate surface area is 145 Å². The van der Waals surface area contributed by atoms with Crippen LogP contribution in [0, 0.1) is 20.8 Å². The molecule has 0 saturated heterocycles. The summed E-state index contributed by atoms with van der Waals surface area (Å²) in [4.78, 5) is 0.119. The van der Waals surface area contributed by atoms with Crippen molar-refractivity contribution in [3.05, 3.63) is 52.5 Å². The predicted octanol–water partition coefficient (Wildman–Crippen LogP) is 4.44. The molecule has 2 aromatic rings. The number of aryl methyl sites for hydroxylation is 3. The third-order valence-electron chi connectivity index (χ3n) is 3.76. The van der Waals surface area contributed by atoms with Crippen molar-refractivity contribution in [1.82, 2.24) is 4.72 Å². The van der Waals surface area contributed by atoms with Gasteiger partial charge in [0.25, 0.3) is 0 Å². The Bertz CT molecular complexity index is 873. The summed E-state index contributed by atoms with van der Waals surface area (Å²) in [7, 11) is -3.96. The topological polar surface area (TPSA) is 59.3 Å². The molecule has 0 fully saturated rings. The van der Waals surface area contributed by atoms with Gasteiger partial charge in [0.1, 0.15) is 5.76 Å². The number of hydrogen-bond acceptors (Lipinski definition) is 3. The second-order valence-corrected chi connectivity index (χ2v) is 8.24. The van der Waals surface area contributed by atoms with Crippen LogP contribution in [0.1, 0.15) is 42.1 Å². The average Bonchev–Trinajstić information content (AvgIpc) is 2.84. The van der Waals surface area contributed by atoms with Gasteiger partial charge in [0.2, 0.25) is 15.8 Å². The van der Waals surface area contributed by atoms with E-state index in [4.69, 9.17) is 4.42 Å². The maximum Gasteiger partial charge on any atom is 0.449 e. The minimum absolute atomic E-state index is 0.119. The fourth-order valence-corrected chi connectivity index (χ4v) is 4.69. The molecular formula is C17H20F3NO3S. The first-order valence-electron chi connectivity index (χ1n) is 7.53. The molecule has 138 valence electrons. The summed E-state index contributed by atoms with van der Waals surface area (Å²) < 4.78 is 71.0. The molecule has 0 unspecified atom stereocenters. The molecule has 0 aliphatic carbocycles. The molecule has 1 aromatic heterocycles. The normalized spacial score (nSPS) is 13.3. The van der Waals surface area contributed by atoms with Gasteiger partial charge in [-0.15, -0.1) is 0 Å². The lowest BCUT2D eigenvalue weighted by atomic mass is 10.0. The molecule has 0 atom stereocenters. The lowest BCUT2D eigenvalue weighted by molar-refractivity contribution is -0.153. The molecule has 4 nitrogen and oxygen atoms in total. The van der Waals surface area contributed by atoms with Gasteiger partial charge in [0.05, 0.1) is 10.4 Å². The van der Waals surface area contributed by atoms with Crippen LogP contribution in [0.15, 0.2) is 33.6 Å². The van der Waals surface area contributed by atoms with Gasteiger partial charge in [-0.3, -0.25) is 0 Å². The Morgan fingerprint density at radius 3 is 1.88 bits per heavy atom. The Morgan fingerprint density at radius 1 is 0.960 bits per heavy atom. The van der Waals surface area contributed by atoms with E-state index in [1.807, 2.05) is 6.92 Å². The third-order valence-corrected chi connectivity index (χ3v) is 5.72. The van der Waals surface area contributed by atoms with Gasteiger partial charge >= 0.3 is 6.18 Å². The van der Waals surface area contributed by atoms with Crippen LogP contribution in [0.3, 0.4) is 0 Å². The second kappa shape index (κ2) is 6.17. The number of hydrogen-bond donors (Lipinski definition) is 1. The summed E-state index contributed by atoms with van der Waals surface area (Å²) in [6, 6.07) is 5.39. The molecule has 1 N–H and O–H groups in total. The standard InChI is InChI=1S/C17H20F3NO3S/c1-10-8-11(2)15(12(3)9-10)25(22,23)21-16(4,5)13-6-7-14(24-13)17(18,19)20/h6-9,21H,1-5H3. The summed E-state index contributed by atoms with van der Waals surface area (Å²) in [6.07, 6.45) is -4.63. The SMILES string of the molecule is Cc1cc(C)c(S(=O)(=O)NC(C)(C)c2ccc(C(F)(F)F)o2)c(C)c1. The molecule has 25 heavy (non-hydrogen) atoms. The van der Waals surface area contributed by atoms with Crippen molar-refractivity contribution in [1.29, 1.82) is 0 Å². The monoisotopic (exact) mass is 375 g/mol. The van der Waals surface area contributed by atoms with E-state index in [-0.39, 0.29) is 10.7 Å². The number of sulfonamides is 1. The highest BCUT2D eigenvalue weighted by Crippen LogP contribution is 2.34. The molecule has 0 bridgehead atoms. The van der Waals surface area contributed by atoms with E-state index >= 15 is 0 Å². The molecule has 1 heterocycles. The summed E-state index contributed by atoms with van der Waals surface area (Å²) in [5.41, 5.74) is 0.702. The molecule has 2 rings (SSSR count). The largest absolute Gasteiger partial charge is 0.455 e. The maximum absolute atomic E-state index is 12.8. The van der Waals surface area contributed by atoms with Gasteiger partial charge in [0.15, 0.2) is 0 Å². The van der Waals surface area contributed by atoms with E-state index < -0.39 is 27.5 Å². The Morgan fingerprint density at radius 2 is 1.44 bits per heavy atom. The van der Waals surface area contributed by atoms with Gasteiger partial charge in [0, 0.05) is 0 Å². The van der Waals surface area contributed by atoms with Gasteiger partial charge in [-0.1, -0.05) is 17.7 Å². The lowest BCUT2D eigenvalue weighted by Gasteiger charge is -2.25. The summed E-state index contributed by atoms with van der Waals surface area (Å²) in [5, 5.41) is 0. The predicted molar refractivity (Wildman–Crippen MR) is 87.7 cm³/mol. The van der Waals surface area contributed by atoms with Crippen molar-refractivity contribution >= 4 is 10.0 Å². The molecule has 0 amide bonds. The third kappa shape index (κ3) is 4.07. The van der Waals surface area contributed by atoms with Crippen molar-refractivity contribution in [3.8, 4) is 0 Å². The van der Waals surface area contributed by atoms with E-state index in [9.17, 15) is 21.6 Å². The first-order chi connectivity index (χ1) is 11.2. The van der Waals surface area contributed by atoms with E-state index in [1.165, 1.54) is 13.8 Å².